The summed E-state index contributed by atoms with van der Waals surface area (Å²) in [5.41, 5.74) is 4.16. The minimum absolute atomic E-state index is 0.0929. The molecule has 2 aromatic heterocycles. The number of aromatic nitrogens is 1. The quantitative estimate of drug-likeness (QED) is 0.730. The van der Waals surface area contributed by atoms with Gasteiger partial charge in [-0.05, 0) is 50.2 Å². The Morgan fingerprint density at radius 3 is 2.56 bits per heavy atom. The van der Waals surface area contributed by atoms with Crippen molar-refractivity contribution in [2.24, 2.45) is 0 Å². The third kappa shape index (κ3) is 3.53. The Morgan fingerprint density at radius 2 is 1.89 bits per heavy atom. The van der Waals surface area contributed by atoms with E-state index in [0.29, 0.717) is 18.8 Å². The van der Waals surface area contributed by atoms with Gasteiger partial charge in [0.25, 0.3) is 0 Å². The molecule has 1 aliphatic carbocycles. The highest BCUT2D eigenvalue weighted by molar-refractivity contribution is 5.75. The first kappa shape index (κ1) is 17.5. The number of amides is 2. The summed E-state index contributed by atoms with van der Waals surface area (Å²) in [6.45, 7) is 0.916. The molecule has 0 atom stereocenters. The zero-order valence-corrected chi connectivity index (χ0v) is 15.7. The molecule has 0 unspecified atom stereocenters. The van der Waals surface area contributed by atoms with Crippen LogP contribution in [0.4, 0.5) is 4.79 Å². The Morgan fingerprint density at radius 1 is 1.15 bits per heavy atom. The van der Waals surface area contributed by atoms with Gasteiger partial charge in [0, 0.05) is 24.3 Å². The Balaban J connectivity index is 1.35. The van der Waals surface area contributed by atoms with E-state index in [4.69, 9.17) is 4.42 Å². The van der Waals surface area contributed by atoms with Crippen molar-refractivity contribution in [3.63, 3.8) is 0 Å². The van der Waals surface area contributed by atoms with Gasteiger partial charge in [-0.25, -0.2) is 4.79 Å². The summed E-state index contributed by atoms with van der Waals surface area (Å²) in [6, 6.07) is 13.9. The molecule has 27 heavy (non-hydrogen) atoms. The van der Waals surface area contributed by atoms with Crippen LogP contribution < -0.4 is 10.6 Å². The Hall–Kier alpha value is -2.86. The van der Waals surface area contributed by atoms with Crippen LogP contribution in [-0.4, -0.2) is 42.1 Å². The SMILES string of the molecule is CN(C)C1(CNC(=O)NCc2cc3ncccc3o2)Cc2ccccc2C1. The number of carbonyl (C=O) groups excluding carboxylic acids is 1. The number of furan rings is 1. The normalized spacial score (nSPS) is 15.1. The van der Waals surface area contributed by atoms with Crippen LogP contribution in [0, 0.1) is 0 Å². The summed E-state index contributed by atoms with van der Waals surface area (Å²) in [5.74, 6) is 0.689. The van der Waals surface area contributed by atoms with E-state index in [9.17, 15) is 4.79 Å². The predicted molar refractivity (Wildman–Crippen MR) is 105 cm³/mol. The molecule has 2 N–H and O–H groups in total. The maximum Gasteiger partial charge on any atom is 0.315 e. The lowest BCUT2D eigenvalue weighted by Gasteiger charge is -2.36. The molecule has 0 spiro atoms. The summed E-state index contributed by atoms with van der Waals surface area (Å²) >= 11 is 0. The molecule has 6 heteroatoms. The minimum atomic E-state index is -0.194. The van der Waals surface area contributed by atoms with Crippen molar-refractivity contribution in [2.75, 3.05) is 20.6 Å². The number of nitrogens with zero attached hydrogens (tertiary/aromatic N) is 2. The Labute approximate surface area is 158 Å². The molecule has 0 bridgehead atoms. The third-order valence-electron chi connectivity index (χ3n) is 5.45. The van der Waals surface area contributed by atoms with Gasteiger partial charge in [-0.15, -0.1) is 0 Å². The van der Waals surface area contributed by atoms with Gasteiger partial charge in [0.1, 0.15) is 11.3 Å². The summed E-state index contributed by atoms with van der Waals surface area (Å²) in [7, 11) is 4.15. The molecule has 0 radical (unpaired) electrons. The van der Waals surface area contributed by atoms with Crippen LogP contribution in [0.2, 0.25) is 0 Å². The van der Waals surface area contributed by atoms with Crippen LogP contribution in [0.1, 0.15) is 16.9 Å². The highest BCUT2D eigenvalue weighted by Crippen LogP contribution is 2.33. The van der Waals surface area contributed by atoms with E-state index in [2.05, 4.69) is 58.9 Å². The van der Waals surface area contributed by atoms with Crippen molar-refractivity contribution in [3.8, 4) is 0 Å². The molecule has 6 nitrogen and oxygen atoms in total. The third-order valence-corrected chi connectivity index (χ3v) is 5.45. The number of likely N-dealkylation sites (N-methyl/N-ethyl adjacent to an activating group) is 1. The summed E-state index contributed by atoms with van der Waals surface area (Å²) < 4.78 is 5.68. The molecule has 4 rings (SSSR count). The second-order valence-electron chi connectivity index (χ2n) is 7.38. The molecule has 0 saturated heterocycles. The Bertz CT molecular complexity index is 905. The molecule has 1 aromatic carbocycles. The largest absolute Gasteiger partial charge is 0.457 e. The number of urea groups is 1. The highest BCUT2D eigenvalue weighted by atomic mass is 16.3. The van der Waals surface area contributed by atoms with Crippen molar-refractivity contribution in [1.29, 1.82) is 0 Å². The fourth-order valence-corrected chi connectivity index (χ4v) is 3.76. The van der Waals surface area contributed by atoms with Crippen molar-refractivity contribution < 1.29 is 9.21 Å². The average Bonchev–Trinajstić information content (AvgIpc) is 3.26. The molecule has 0 saturated carbocycles. The minimum Gasteiger partial charge on any atom is -0.457 e. The number of fused-ring (bicyclic) bond motifs is 2. The maximum absolute atomic E-state index is 12.3. The van der Waals surface area contributed by atoms with Gasteiger partial charge in [0.2, 0.25) is 0 Å². The number of benzene rings is 1. The topological polar surface area (TPSA) is 70.4 Å². The van der Waals surface area contributed by atoms with Crippen LogP contribution in [0.3, 0.4) is 0 Å². The molecule has 2 amide bonds. The standard InChI is InChI=1S/C21H24N4O2/c1-25(2)21(11-15-6-3-4-7-16(15)12-21)14-24-20(26)23-13-17-10-18-19(27-17)8-5-9-22-18/h3-10H,11-14H2,1-2H3,(H2,23,24,26). The smallest absolute Gasteiger partial charge is 0.315 e. The van der Waals surface area contributed by atoms with Gasteiger partial charge in [-0.1, -0.05) is 24.3 Å². The average molecular weight is 364 g/mol. The second-order valence-corrected chi connectivity index (χ2v) is 7.38. The number of carbonyl (C=O) groups is 1. The fraction of sp³-hybridized carbons (Fsp3) is 0.333. The first-order valence-corrected chi connectivity index (χ1v) is 9.15. The van der Waals surface area contributed by atoms with Gasteiger partial charge >= 0.3 is 6.03 Å². The van der Waals surface area contributed by atoms with Crippen LogP contribution in [0.25, 0.3) is 11.1 Å². The van der Waals surface area contributed by atoms with E-state index in [1.54, 1.807) is 6.20 Å². The number of pyridine rings is 1. The van der Waals surface area contributed by atoms with E-state index >= 15 is 0 Å². The van der Waals surface area contributed by atoms with E-state index in [0.717, 1.165) is 23.9 Å². The van der Waals surface area contributed by atoms with Crippen LogP contribution >= 0.6 is 0 Å². The molecule has 2 heterocycles. The summed E-state index contributed by atoms with van der Waals surface area (Å²) in [5, 5.41) is 5.91. The highest BCUT2D eigenvalue weighted by Gasteiger charge is 2.39. The van der Waals surface area contributed by atoms with E-state index in [-0.39, 0.29) is 11.6 Å². The summed E-state index contributed by atoms with van der Waals surface area (Å²) in [4.78, 5) is 18.8. The number of hydrogen-bond acceptors (Lipinski definition) is 4. The van der Waals surface area contributed by atoms with Crippen molar-refractivity contribution in [1.82, 2.24) is 20.5 Å². The first-order valence-electron chi connectivity index (χ1n) is 9.15. The van der Waals surface area contributed by atoms with Gasteiger partial charge in [-0.2, -0.15) is 0 Å². The zero-order chi connectivity index (χ0) is 18.9. The number of hydrogen-bond donors (Lipinski definition) is 2. The van der Waals surface area contributed by atoms with Crippen molar-refractivity contribution in [2.45, 2.75) is 24.9 Å². The molecule has 3 aromatic rings. The molecular formula is C21H24N4O2. The second kappa shape index (κ2) is 7.04. The number of rotatable bonds is 5. The predicted octanol–water partition coefficient (Wildman–Crippen LogP) is 2.73. The first-order chi connectivity index (χ1) is 13.1. The van der Waals surface area contributed by atoms with Crippen LogP contribution in [0.15, 0.2) is 53.1 Å². The number of nitrogens with one attached hydrogen (secondary N) is 2. The van der Waals surface area contributed by atoms with Crippen LogP contribution in [-0.2, 0) is 19.4 Å². The lowest BCUT2D eigenvalue weighted by molar-refractivity contribution is 0.158. The van der Waals surface area contributed by atoms with E-state index in [1.807, 2.05) is 18.2 Å². The van der Waals surface area contributed by atoms with Gasteiger partial charge in [0.05, 0.1) is 6.54 Å². The van der Waals surface area contributed by atoms with Crippen molar-refractivity contribution in [3.05, 3.63) is 65.5 Å². The van der Waals surface area contributed by atoms with Crippen LogP contribution in [0.5, 0.6) is 0 Å². The lowest BCUT2D eigenvalue weighted by atomic mass is 9.94. The van der Waals surface area contributed by atoms with Gasteiger partial charge < -0.3 is 20.0 Å². The van der Waals surface area contributed by atoms with Crippen molar-refractivity contribution >= 4 is 17.1 Å². The molecular weight excluding hydrogens is 340 g/mol. The van der Waals surface area contributed by atoms with Gasteiger partial charge in [0.15, 0.2) is 5.58 Å². The molecule has 0 aliphatic heterocycles. The van der Waals surface area contributed by atoms with E-state index < -0.39 is 0 Å². The summed E-state index contributed by atoms with van der Waals surface area (Å²) in [6.07, 6.45) is 3.60. The monoisotopic (exact) mass is 364 g/mol. The zero-order valence-electron chi connectivity index (χ0n) is 15.7. The fourth-order valence-electron chi connectivity index (χ4n) is 3.76. The van der Waals surface area contributed by atoms with Gasteiger partial charge in [-0.3, -0.25) is 4.98 Å². The van der Waals surface area contributed by atoms with E-state index in [1.165, 1.54) is 11.1 Å². The molecule has 0 fully saturated rings. The molecule has 140 valence electrons. The lowest BCUT2D eigenvalue weighted by Crippen LogP contribution is -2.54. The molecule has 1 aliphatic rings. The maximum atomic E-state index is 12.3. The Kier molecular flexibility index (Phi) is 4.58.